The Morgan fingerprint density at radius 2 is 1.19 bits per heavy atom. The van der Waals surface area contributed by atoms with Crippen LogP contribution in [0.5, 0.6) is 0 Å². The lowest BCUT2D eigenvalue weighted by Crippen LogP contribution is -2.36. The maximum Gasteiger partial charge on any atom is 0.130 e. The van der Waals surface area contributed by atoms with Crippen LogP contribution in [0.25, 0.3) is 5.57 Å². The molecular formula is C32H36N2O3. The van der Waals surface area contributed by atoms with Gasteiger partial charge in [0, 0.05) is 49.9 Å². The second-order valence-corrected chi connectivity index (χ2v) is 9.80. The number of ether oxygens (including phenoxy) is 2. The van der Waals surface area contributed by atoms with Crippen molar-refractivity contribution in [2.75, 3.05) is 62.4 Å². The molecule has 2 fully saturated rings. The number of hydrogen-bond donors (Lipinski definition) is 0. The van der Waals surface area contributed by atoms with Crippen LogP contribution < -0.4 is 9.80 Å². The molecule has 2 aliphatic rings. The van der Waals surface area contributed by atoms with Gasteiger partial charge in [-0.2, -0.15) is 0 Å². The zero-order valence-electron chi connectivity index (χ0n) is 21.6. The van der Waals surface area contributed by atoms with Crippen LogP contribution in [0.3, 0.4) is 0 Å². The number of allylic oxidation sites excluding steroid dienone is 1. The maximum absolute atomic E-state index is 12.3. The van der Waals surface area contributed by atoms with Gasteiger partial charge in [-0.3, -0.25) is 4.79 Å². The normalized spacial score (nSPS) is 16.8. The Balaban J connectivity index is 1.51. The number of benzene rings is 3. The third-order valence-electron chi connectivity index (χ3n) is 7.21. The van der Waals surface area contributed by atoms with Gasteiger partial charge in [0.1, 0.15) is 5.78 Å². The molecule has 0 radical (unpaired) electrons. The van der Waals surface area contributed by atoms with E-state index in [1.807, 2.05) is 18.2 Å². The topological polar surface area (TPSA) is 42.0 Å². The van der Waals surface area contributed by atoms with Gasteiger partial charge in [-0.05, 0) is 53.5 Å². The van der Waals surface area contributed by atoms with Crippen LogP contribution in [-0.4, -0.2) is 58.4 Å². The summed E-state index contributed by atoms with van der Waals surface area (Å²) in [7, 11) is 0. The van der Waals surface area contributed by atoms with Gasteiger partial charge in [-0.1, -0.05) is 60.7 Å². The van der Waals surface area contributed by atoms with Crippen LogP contribution in [0.4, 0.5) is 11.4 Å². The summed E-state index contributed by atoms with van der Waals surface area (Å²) >= 11 is 0. The Kier molecular flexibility index (Phi) is 8.34. The predicted molar refractivity (Wildman–Crippen MR) is 151 cm³/mol. The fourth-order valence-corrected chi connectivity index (χ4v) is 5.19. The minimum absolute atomic E-state index is 0.00606. The molecule has 0 amide bonds. The van der Waals surface area contributed by atoms with Crippen LogP contribution in [0, 0.1) is 0 Å². The van der Waals surface area contributed by atoms with E-state index in [-0.39, 0.29) is 11.7 Å². The van der Waals surface area contributed by atoms with Crippen molar-refractivity contribution in [3.05, 3.63) is 102 Å². The Morgan fingerprint density at radius 3 is 1.62 bits per heavy atom. The highest BCUT2D eigenvalue weighted by molar-refractivity contribution is 5.83. The third-order valence-corrected chi connectivity index (χ3v) is 7.21. The molecule has 3 aromatic carbocycles. The first-order valence-corrected chi connectivity index (χ1v) is 13.3. The molecule has 37 heavy (non-hydrogen) atoms. The number of ketones is 1. The summed E-state index contributed by atoms with van der Waals surface area (Å²) in [6.07, 6.45) is 2.76. The van der Waals surface area contributed by atoms with E-state index in [2.05, 4.69) is 76.5 Å². The lowest BCUT2D eigenvalue weighted by atomic mass is 9.87. The van der Waals surface area contributed by atoms with E-state index >= 15 is 0 Å². The van der Waals surface area contributed by atoms with E-state index in [4.69, 9.17) is 9.47 Å². The van der Waals surface area contributed by atoms with Gasteiger partial charge >= 0.3 is 0 Å². The quantitative estimate of drug-likeness (QED) is 0.409. The summed E-state index contributed by atoms with van der Waals surface area (Å²) in [6, 6.07) is 28.0. The van der Waals surface area contributed by atoms with Gasteiger partial charge in [0.25, 0.3) is 0 Å². The standard InChI is InChI=1S/C32H36N2O3/c1-25(35)23-29(26-5-3-2-4-6-26)24-32(27-7-11-30(12-8-27)33-15-19-36-20-16-33)28-9-13-31(14-10-28)34-17-21-37-22-18-34/h2-14,24,29H,15-23H2,1H3/t29-/m1/s1. The molecule has 1 atom stereocenters. The van der Waals surface area contributed by atoms with Gasteiger partial charge in [0.2, 0.25) is 0 Å². The number of carbonyl (C=O) groups is 1. The Bertz CT molecular complexity index is 1110. The summed E-state index contributed by atoms with van der Waals surface area (Å²) < 4.78 is 11.0. The zero-order valence-corrected chi connectivity index (χ0v) is 21.6. The van der Waals surface area contributed by atoms with Gasteiger partial charge in [-0.25, -0.2) is 0 Å². The third kappa shape index (κ3) is 6.48. The molecule has 2 aliphatic heterocycles. The van der Waals surface area contributed by atoms with Crippen molar-refractivity contribution in [3.8, 4) is 0 Å². The molecule has 2 saturated heterocycles. The number of Topliss-reactive ketones (excluding diaryl/α,β-unsaturated/α-hetero) is 1. The summed E-state index contributed by atoms with van der Waals surface area (Å²) in [5, 5.41) is 0. The molecule has 3 aromatic rings. The molecule has 0 bridgehead atoms. The smallest absolute Gasteiger partial charge is 0.130 e. The van der Waals surface area contributed by atoms with Crippen molar-refractivity contribution in [3.63, 3.8) is 0 Å². The molecule has 0 aromatic heterocycles. The number of anilines is 2. The van der Waals surface area contributed by atoms with Crippen molar-refractivity contribution in [2.24, 2.45) is 0 Å². The van der Waals surface area contributed by atoms with Crippen molar-refractivity contribution < 1.29 is 14.3 Å². The van der Waals surface area contributed by atoms with Crippen LogP contribution in [0.15, 0.2) is 84.9 Å². The first-order valence-electron chi connectivity index (χ1n) is 13.3. The molecule has 0 spiro atoms. The van der Waals surface area contributed by atoms with E-state index < -0.39 is 0 Å². The maximum atomic E-state index is 12.3. The van der Waals surface area contributed by atoms with Crippen LogP contribution in [-0.2, 0) is 14.3 Å². The van der Waals surface area contributed by atoms with Gasteiger partial charge < -0.3 is 19.3 Å². The highest BCUT2D eigenvalue weighted by Gasteiger charge is 2.17. The SMILES string of the molecule is CC(=O)C[C@H](C=C(c1ccc(N2CCOCC2)cc1)c1ccc(N2CCOCC2)cc1)c1ccccc1. The Labute approximate surface area is 220 Å². The number of carbonyl (C=O) groups excluding carboxylic acids is 1. The van der Waals surface area contributed by atoms with Crippen molar-refractivity contribution in [2.45, 2.75) is 19.3 Å². The molecule has 5 rings (SSSR count). The number of rotatable bonds is 8. The second kappa shape index (κ2) is 12.2. The summed E-state index contributed by atoms with van der Waals surface area (Å²) in [4.78, 5) is 17.0. The number of morpholine rings is 2. The molecular weight excluding hydrogens is 460 g/mol. The highest BCUT2D eigenvalue weighted by Crippen LogP contribution is 2.33. The van der Waals surface area contributed by atoms with Gasteiger partial charge in [0.15, 0.2) is 0 Å². The molecule has 0 saturated carbocycles. The summed E-state index contributed by atoms with van der Waals surface area (Å²) in [6.45, 7) is 8.42. The van der Waals surface area contributed by atoms with E-state index in [9.17, 15) is 4.79 Å². The highest BCUT2D eigenvalue weighted by atomic mass is 16.5. The van der Waals surface area contributed by atoms with Gasteiger partial charge in [0.05, 0.1) is 26.4 Å². The Morgan fingerprint density at radius 1 is 0.730 bits per heavy atom. The molecule has 0 N–H and O–H groups in total. The molecule has 5 heteroatoms. The first kappa shape index (κ1) is 25.2. The van der Waals surface area contributed by atoms with E-state index in [1.165, 1.54) is 11.4 Å². The summed E-state index contributed by atoms with van der Waals surface area (Å²) in [5.41, 5.74) is 7.05. The summed E-state index contributed by atoms with van der Waals surface area (Å²) in [5.74, 6) is 0.196. The van der Waals surface area contributed by atoms with Gasteiger partial charge in [-0.15, -0.1) is 0 Å². The average Bonchev–Trinajstić information content (AvgIpc) is 2.97. The zero-order chi connectivity index (χ0) is 25.5. The van der Waals surface area contributed by atoms with E-state index in [0.717, 1.165) is 74.9 Å². The minimum Gasteiger partial charge on any atom is -0.378 e. The van der Waals surface area contributed by atoms with E-state index in [1.54, 1.807) is 6.92 Å². The average molecular weight is 497 g/mol. The second-order valence-electron chi connectivity index (χ2n) is 9.80. The number of nitrogens with zero attached hydrogens (tertiary/aromatic N) is 2. The van der Waals surface area contributed by atoms with Crippen LogP contribution >= 0.6 is 0 Å². The molecule has 0 aliphatic carbocycles. The number of hydrogen-bond acceptors (Lipinski definition) is 5. The van der Waals surface area contributed by atoms with Crippen LogP contribution in [0.2, 0.25) is 0 Å². The van der Waals surface area contributed by atoms with Crippen LogP contribution in [0.1, 0.15) is 36.0 Å². The monoisotopic (exact) mass is 496 g/mol. The first-order chi connectivity index (χ1) is 18.2. The predicted octanol–water partition coefficient (Wildman–Crippen LogP) is 5.55. The lowest BCUT2D eigenvalue weighted by Gasteiger charge is -2.29. The largest absolute Gasteiger partial charge is 0.378 e. The Hall–Kier alpha value is -3.41. The fourth-order valence-electron chi connectivity index (χ4n) is 5.19. The molecule has 192 valence electrons. The minimum atomic E-state index is 0.00606. The van der Waals surface area contributed by atoms with Crippen molar-refractivity contribution >= 4 is 22.7 Å². The van der Waals surface area contributed by atoms with Crippen molar-refractivity contribution in [1.29, 1.82) is 0 Å². The van der Waals surface area contributed by atoms with Crippen molar-refractivity contribution in [1.82, 2.24) is 0 Å². The lowest BCUT2D eigenvalue weighted by molar-refractivity contribution is -0.117. The fraction of sp³-hybridized carbons (Fsp3) is 0.344. The molecule has 5 nitrogen and oxygen atoms in total. The molecule has 0 unspecified atom stereocenters. The van der Waals surface area contributed by atoms with E-state index in [0.29, 0.717) is 6.42 Å². The molecule has 2 heterocycles.